The van der Waals surface area contributed by atoms with Gasteiger partial charge in [-0.05, 0) is 10.4 Å². The minimum atomic E-state index is -0.909. The lowest BCUT2D eigenvalue weighted by molar-refractivity contribution is -0.390. The molecule has 0 fully saturated rings. The number of aromatic nitrogens is 2. The Morgan fingerprint density at radius 2 is 2.25 bits per heavy atom. The molecule has 0 aromatic carbocycles. The second-order valence-electron chi connectivity index (χ2n) is 3.34. The topological polar surface area (TPSA) is 104 Å². The van der Waals surface area contributed by atoms with Crippen LogP contribution >= 0.6 is 0 Å². The first kappa shape index (κ1) is 10.2. The van der Waals surface area contributed by atoms with Crippen molar-refractivity contribution in [3.05, 3.63) is 34.1 Å². The summed E-state index contributed by atoms with van der Waals surface area (Å²) >= 11 is 0. The van der Waals surface area contributed by atoms with Crippen molar-refractivity contribution in [3.63, 3.8) is 0 Å². The summed E-state index contributed by atoms with van der Waals surface area (Å²) in [6.07, 6.45) is 1.53. The number of amides is 1. The number of carbonyl (C=O) groups excluding carboxylic acids is 1. The summed E-state index contributed by atoms with van der Waals surface area (Å²) in [5.74, 6) is -1.31. The Morgan fingerprint density at radius 1 is 1.56 bits per heavy atom. The Hall–Kier alpha value is -2.38. The average Bonchev–Trinajstić information content (AvgIpc) is 2.55. The molecule has 80 valence electrons. The van der Waals surface area contributed by atoms with E-state index in [1.54, 1.807) is 20.0 Å². The highest BCUT2D eigenvalue weighted by molar-refractivity contribution is 6.32. The minimum Gasteiger partial charge on any atom is -0.364 e. The van der Waals surface area contributed by atoms with E-state index in [-0.39, 0.29) is 5.69 Å². The summed E-state index contributed by atoms with van der Waals surface area (Å²) in [5.41, 5.74) is 5.86. The van der Waals surface area contributed by atoms with Crippen LogP contribution in [0.4, 0.5) is 5.82 Å². The lowest BCUT2D eigenvalue weighted by atomic mass is 9.99. The third-order valence-corrected chi connectivity index (χ3v) is 2.15. The quantitative estimate of drug-likeness (QED) is 0.380. The number of fused-ring (bicyclic) bond motifs is 1. The summed E-state index contributed by atoms with van der Waals surface area (Å²) < 4.78 is 1.25. The van der Waals surface area contributed by atoms with Crippen molar-refractivity contribution < 1.29 is 9.72 Å². The predicted molar refractivity (Wildman–Crippen MR) is 58.5 cm³/mol. The molecule has 0 aliphatic carbocycles. The van der Waals surface area contributed by atoms with Crippen molar-refractivity contribution in [2.75, 3.05) is 0 Å². The van der Waals surface area contributed by atoms with E-state index in [0.29, 0.717) is 5.65 Å². The van der Waals surface area contributed by atoms with Crippen LogP contribution in [0, 0.1) is 10.1 Å². The van der Waals surface area contributed by atoms with Crippen molar-refractivity contribution in [1.82, 2.24) is 9.38 Å². The van der Waals surface area contributed by atoms with Crippen LogP contribution in [0.15, 0.2) is 18.3 Å². The first-order valence-corrected chi connectivity index (χ1v) is 4.43. The first-order chi connectivity index (χ1) is 7.50. The van der Waals surface area contributed by atoms with E-state index >= 15 is 0 Å². The van der Waals surface area contributed by atoms with Crippen LogP contribution < -0.4 is 11.2 Å². The van der Waals surface area contributed by atoms with Gasteiger partial charge in [0, 0.05) is 6.07 Å². The van der Waals surface area contributed by atoms with Crippen molar-refractivity contribution in [2.24, 2.45) is 5.73 Å². The summed E-state index contributed by atoms with van der Waals surface area (Å²) in [6, 6.07) is 3.34. The lowest BCUT2D eigenvalue weighted by Crippen LogP contribution is -2.14. The number of pyridine rings is 1. The van der Waals surface area contributed by atoms with E-state index < -0.39 is 16.6 Å². The van der Waals surface area contributed by atoms with Gasteiger partial charge in [0.15, 0.2) is 0 Å². The van der Waals surface area contributed by atoms with Gasteiger partial charge in [-0.2, -0.15) is 9.38 Å². The fraction of sp³-hybridized carbons (Fsp3) is 0. The van der Waals surface area contributed by atoms with Crippen LogP contribution in [0.5, 0.6) is 0 Å². The van der Waals surface area contributed by atoms with Crippen LogP contribution in [-0.4, -0.2) is 28.1 Å². The van der Waals surface area contributed by atoms with E-state index in [4.69, 9.17) is 5.73 Å². The fourth-order valence-corrected chi connectivity index (χ4v) is 1.48. The van der Waals surface area contributed by atoms with Gasteiger partial charge in [-0.15, -0.1) is 0 Å². The van der Waals surface area contributed by atoms with Gasteiger partial charge < -0.3 is 15.8 Å². The molecule has 0 unspecified atom stereocenters. The third kappa shape index (κ3) is 1.40. The molecule has 16 heavy (non-hydrogen) atoms. The molecule has 0 atom stereocenters. The van der Waals surface area contributed by atoms with Crippen LogP contribution in [0.2, 0.25) is 0 Å². The summed E-state index contributed by atoms with van der Waals surface area (Å²) in [5, 5.41) is 10.8. The van der Waals surface area contributed by atoms with Crippen LogP contribution in [0.25, 0.3) is 5.65 Å². The molecule has 0 saturated carbocycles. The second-order valence-corrected chi connectivity index (χ2v) is 3.34. The number of nitrogens with zero attached hydrogens (tertiary/aromatic N) is 3. The minimum absolute atomic E-state index is 0.324. The molecule has 2 aromatic rings. The van der Waals surface area contributed by atoms with E-state index in [0.717, 1.165) is 5.46 Å². The van der Waals surface area contributed by atoms with Gasteiger partial charge in [0.1, 0.15) is 7.85 Å². The number of primary amides is 1. The number of nitrogens with two attached hydrogens (primary N) is 1. The van der Waals surface area contributed by atoms with Crippen LogP contribution in [-0.2, 0) is 0 Å². The average molecular weight is 218 g/mol. The molecule has 0 saturated heterocycles. The van der Waals surface area contributed by atoms with Gasteiger partial charge in [0.2, 0.25) is 11.3 Å². The molecule has 2 aromatic heterocycles. The number of nitro groups is 1. The second kappa shape index (κ2) is 3.33. The zero-order chi connectivity index (χ0) is 11.9. The van der Waals surface area contributed by atoms with Crippen molar-refractivity contribution in [1.29, 1.82) is 0 Å². The number of carbonyl (C=O) groups is 1. The van der Waals surface area contributed by atoms with Gasteiger partial charge in [0.05, 0.1) is 6.20 Å². The van der Waals surface area contributed by atoms with E-state index in [1.165, 1.54) is 10.6 Å². The molecule has 0 aliphatic rings. The Kier molecular flexibility index (Phi) is 2.12. The SMILES string of the molecule is Bc1ccc2nc(C(N)=O)c([N+](=O)[O-])n2c1. The number of hydrogen-bond donors (Lipinski definition) is 1. The third-order valence-electron chi connectivity index (χ3n) is 2.15. The first-order valence-electron chi connectivity index (χ1n) is 4.43. The maximum atomic E-state index is 11.0. The van der Waals surface area contributed by atoms with Crippen molar-refractivity contribution in [3.8, 4) is 0 Å². The molecule has 2 N–H and O–H groups in total. The van der Waals surface area contributed by atoms with E-state index in [1.807, 2.05) is 0 Å². The predicted octanol–water partition coefficient (Wildman–Crippen LogP) is -1.40. The standard InChI is InChI=1S/C8H7BN4O3/c9-4-1-2-5-11-6(7(10)14)8(13(15)16)12(5)3-4/h1-3H,9H2,(H2,10,14). The van der Waals surface area contributed by atoms with Gasteiger partial charge >= 0.3 is 5.82 Å². The maximum absolute atomic E-state index is 11.0. The van der Waals surface area contributed by atoms with E-state index in [9.17, 15) is 14.9 Å². The van der Waals surface area contributed by atoms with Crippen molar-refractivity contribution in [2.45, 2.75) is 0 Å². The molecule has 2 heterocycles. The molecular weight excluding hydrogens is 211 g/mol. The molecule has 0 spiro atoms. The monoisotopic (exact) mass is 218 g/mol. The molecule has 1 amide bonds. The van der Waals surface area contributed by atoms with Gasteiger partial charge in [-0.3, -0.25) is 4.79 Å². The van der Waals surface area contributed by atoms with Gasteiger partial charge in [0.25, 0.3) is 5.91 Å². The maximum Gasteiger partial charge on any atom is 0.361 e. The highest BCUT2D eigenvalue weighted by Crippen LogP contribution is 2.19. The number of hydrogen-bond acceptors (Lipinski definition) is 4. The summed E-state index contributed by atoms with van der Waals surface area (Å²) in [4.78, 5) is 25.0. The number of imidazole rings is 1. The Bertz CT molecular complexity index is 607. The molecule has 0 bridgehead atoms. The van der Waals surface area contributed by atoms with Gasteiger partial charge in [-0.25, -0.2) is 0 Å². The summed E-state index contributed by atoms with van der Waals surface area (Å²) in [6.45, 7) is 0. The molecular formula is C8H7BN4O3. The Balaban J connectivity index is 2.88. The molecule has 0 aliphatic heterocycles. The van der Waals surface area contributed by atoms with Crippen molar-refractivity contribution >= 4 is 30.7 Å². The lowest BCUT2D eigenvalue weighted by Gasteiger charge is -1.95. The van der Waals surface area contributed by atoms with Gasteiger partial charge in [-0.1, -0.05) is 6.07 Å². The van der Waals surface area contributed by atoms with Crippen LogP contribution in [0.1, 0.15) is 10.5 Å². The fourth-order valence-electron chi connectivity index (χ4n) is 1.48. The largest absolute Gasteiger partial charge is 0.364 e. The highest BCUT2D eigenvalue weighted by Gasteiger charge is 2.25. The molecule has 8 heteroatoms. The zero-order valence-corrected chi connectivity index (χ0v) is 8.38. The van der Waals surface area contributed by atoms with Crippen LogP contribution in [0.3, 0.4) is 0 Å². The number of rotatable bonds is 2. The molecule has 7 nitrogen and oxygen atoms in total. The Morgan fingerprint density at radius 3 is 2.81 bits per heavy atom. The zero-order valence-electron chi connectivity index (χ0n) is 8.38. The molecule has 2 rings (SSSR count). The Labute approximate surface area is 90.4 Å². The van der Waals surface area contributed by atoms with E-state index in [2.05, 4.69) is 4.98 Å². The normalized spacial score (nSPS) is 10.5. The molecule has 0 radical (unpaired) electrons. The smallest absolute Gasteiger partial charge is 0.361 e. The highest BCUT2D eigenvalue weighted by atomic mass is 16.6. The summed E-state index contributed by atoms with van der Waals surface area (Å²) in [7, 11) is 1.78.